The highest BCUT2D eigenvalue weighted by molar-refractivity contribution is 9.10. The van der Waals surface area contributed by atoms with Crippen molar-refractivity contribution in [2.75, 3.05) is 13.6 Å². The Morgan fingerprint density at radius 3 is 2.80 bits per heavy atom. The molecule has 2 N–H and O–H groups in total. The largest absolute Gasteiger partial charge is 0.329 e. The van der Waals surface area contributed by atoms with Crippen LogP contribution in [0.1, 0.15) is 22.2 Å². The SMILES string of the molecule is Cc1ncsc1CN(C)C(CN)c1ccc(F)c(Br)c1. The summed E-state index contributed by atoms with van der Waals surface area (Å²) in [5, 5.41) is 0. The van der Waals surface area contributed by atoms with E-state index in [0.717, 1.165) is 17.8 Å². The van der Waals surface area contributed by atoms with Gasteiger partial charge in [-0.15, -0.1) is 11.3 Å². The summed E-state index contributed by atoms with van der Waals surface area (Å²) in [6, 6.07) is 5.10. The van der Waals surface area contributed by atoms with Crippen LogP contribution in [0.3, 0.4) is 0 Å². The number of thiazole rings is 1. The first-order chi connectivity index (χ1) is 9.52. The number of hydrogen-bond acceptors (Lipinski definition) is 4. The monoisotopic (exact) mass is 357 g/mol. The molecule has 0 aliphatic heterocycles. The molecule has 2 aromatic rings. The standard InChI is InChI=1S/C14H17BrFN3S/c1-9-14(20-8-18-9)7-19(2)13(6-17)10-3-4-12(16)11(15)5-10/h3-5,8,13H,6-7,17H2,1-2H3. The molecule has 1 aromatic heterocycles. The molecule has 0 radical (unpaired) electrons. The summed E-state index contributed by atoms with van der Waals surface area (Å²) in [6.07, 6.45) is 0. The Morgan fingerprint density at radius 1 is 1.50 bits per heavy atom. The van der Waals surface area contributed by atoms with Crippen LogP contribution in [0.15, 0.2) is 28.2 Å². The minimum absolute atomic E-state index is 0.0494. The maximum absolute atomic E-state index is 13.3. The molecule has 1 unspecified atom stereocenters. The number of aryl methyl sites for hydroxylation is 1. The Balaban J connectivity index is 2.18. The van der Waals surface area contributed by atoms with Crippen molar-refractivity contribution < 1.29 is 4.39 Å². The highest BCUT2D eigenvalue weighted by Gasteiger charge is 2.18. The van der Waals surface area contributed by atoms with Crippen molar-refractivity contribution in [3.8, 4) is 0 Å². The lowest BCUT2D eigenvalue weighted by Gasteiger charge is -2.27. The molecule has 1 aromatic carbocycles. The quantitative estimate of drug-likeness (QED) is 0.890. The lowest BCUT2D eigenvalue weighted by molar-refractivity contribution is 0.243. The first kappa shape index (κ1) is 15.6. The molecule has 1 heterocycles. The van der Waals surface area contributed by atoms with Crippen LogP contribution in [0, 0.1) is 12.7 Å². The van der Waals surface area contributed by atoms with E-state index in [1.807, 2.05) is 19.5 Å². The van der Waals surface area contributed by atoms with Crippen LogP contribution < -0.4 is 5.73 Å². The zero-order chi connectivity index (χ0) is 14.7. The van der Waals surface area contributed by atoms with Crippen LogP contribution in [0.4, 0.5) is 4.39 Å². The minimum Gasteiger partial charge on any atom is -0.329 e. The van der Waals surface area contributed by atoms with Crippen molar-refractivity contribution in [1.82, 2.24) is 9.88 Å². The molecule has 0 spiro atoms. The van der Waals surface area contributed by atoms with E-state index >= 15 is 0 Å². The normalized spacial score (nSPS) is 12.9. The van der Waals surface area contributed by atoms with Crippen LogP contribution in [0.5, 0.6) is 0 Å². The number of nitrogens with two attached hydrogens (primary N) is 1. The van der Waals surface area contributed by atoms with E-state index in [4.69, 9.17) is 5.73 Å². The molecule has 20 heavy (non-hydrogen) atoms. The molecule has 0 aliphatic carbocycles. The van der Waals surface area contributed by atoms with Gasteiger partial charge in [0, 0.05) is 24.0 Å². The molecule has 0 bridgehead atoms. The van der Waals surface area contributed by atoms with Gasteiger partial charge in [0.05, 0.1) is 15.7 Å². The van der Waals surface area contributed by atoms with E-state index in [0.29, 0.717) is 11.0 Å². The summed E-state index contributed by atoms with van der Waals surface area (Å²) in [5.74, 6) is -0.259. The highest BCUT2D eigenvalue weighted by Crippen LogP contribution is 2.26. The molecule has 0 fully saturated rings. The van der Waals surface area contributed by atoms with Gasteiger partial charge < -0.3 is 5.73 Å². The Labute approximate surface area is 130 Å². The van der Waals surface area contributed by atoms with Gasteiger partial charge in [0.2, 0.25) is 0 Å². The first-order valence-electron chi connectivity index (χ1n) is 6.27. The molecular weight excluding hydrogens is 341 g/mol. The summed E-state index contributed by atoms with van der Waals surface area (Å²) >= 11 is 4.87. The topological polar surface area (TPSA) is 42.2 Å². The van der Waals surface area contributed by atoms with E-state index in [1.54, 1.807) is 23.5 Å². The van der Waals surface area contributed by atoms with Crippen LogP contribution in [-0.4, -0.2) is 23.5 Å². The van der Waals surface area contributed by atoms with Gasteiger partial charge in [-0.25, -0.2) is 9.37 Å². The van der Waals surface area contributed by atoms with Crippen LogP contribution in [-0.2, 0) is 6.54 Å². The summed E-state index contributed by atoms with van der Waals surface area (Å²) < 4.78 is 13.8. The summed E-state index contributed by atoms with van der Waals surface area (Å²) in [7, 11) is 2.02. The second kappa shape index (κ2) is 6.76. The molecular formula is C14H17BrFN3S. The molecule has 6 heteroatoms. The number of rotatable bonds is 5. The average Bonchev–Trinajstić information content (AvgIpc) is 2.80. The highest BCUT2D eigenvalue weighted by atomic mass is 79.9. The summed E-state index contributed by atoms with van der Waals surface area (Å²) in [6.45, 7) is 3.27. The third kappa shape index (κ3) is 3.44. The predicted molar refractivity (Wildman–Crippen MR) is 84.2 cm³/mol. The van der Waals surface area contributed by atoms with Crippen LogP contribution in [0.25, 0.3) is 0 Å². The number of aromatic nitrogens is 1. The Kier molecular flexibility index (Phi) is 5.26. The van der Waals surface area contributed by atoms with Crippen LogP contribution in [0.2, 0.25) is 0 Å². The second-order valence-corrected chi connectivity index (χ2v) is 6.49. The number of likely N-dealkylation sites (N-methyl/N-ethyl adjacent to an activating group) is 1. The summed E-state index contributed by atoms with van der Waals surface area (Å²) in [5.41, 5.74) is 9.81. The molecule has 0 amide bonds. The van der Waals surface area contributed by atoms with E-state index in [9.17, 15) is 4.39 Å². The van der Waals surface area contributed by atoms with Gasteiger partial charge in [0.25, 0.3) is 0 Å². The smallest absolute Gasteiger partial charge is 0.137 e. The third-order valence-corrected chi connectivity index (χ3v) is 4.85. The van der Waals surface area contributed by atoms with Gasteiger partial charge >= 0.3 is 0 Å². The van der Waals surface area contributed by atoms with Crippen molar-refractivity contribution in [1.29, 1.82) is 0 Å². The molecule has 0 saturated heterocycles. The van der Waals surface area contributed by atoms with Gasteiger partial charge in [0.1, 0.15) is 5.82 Å². The number of benzene rings is 1. The average molecular weight is 358 g/mol. The lowest BCUT2D eigenvalue weighted by atomic mass is 10.1. The maximum Gasteiger partial charge on any atom is 0.137 e. The minimum atomic E-state index is -0.259. The molecule has 0 saturated carbocycles. The zero-order valence-corrected chi connectivity index (χ0v) is 13.8. The van der Waals surface area contributed by atoms with E-state index in [-0.39, 0.29) is 11.9 Å². The van der Waals surface area contributed by atoms with E-state index in [2.05, 4.69) is 25.8 Å². The van der Waals surface area contributed by atoms with Crippen molar-refractivity contribution in [3.05, 3.63) is 50.1 Å². The summed E-state index contributed by atoms with van der Waals surface area (Å²) in [4.78, 5) is 7.65. The van der Waals surface area contributed by atoms with Gasteiger partial charge in [-0.3, -0.25) is 4.90 Å². The fraction of sp³-hybridized carbons (Fsp3) is 0.357. The zero-order valence-electron chi connectivity index (χ0n) is 11.4. The number of halogens is 2. The van der Waals surface area contributed by atoms with Gasteiger partial charge in [0.15, 0.2) is 0 Å². The number of nitrogens with zero attached hydrogens (tertiary/aromatic N) is 2. The molecule has 3 nitrogen and oxygen atoms in total. The van der Waals surface area contributed by atoms with Crippen molar-refractivity contribution in [2.45, 2.75) is 19.5 Å². The molecule has 2 rings (SSSR count). The fourth-order valence-corrected chi connectivity index (χ4v) is 3.34. The van der Waals surface area contributed by atoms with Gasteiger partial charge in [-0.2, -0.15) is 0 Å². The lowest BCUT2D eigenvalue weighted by Crippen LogP contribution is -2.30. The first-order valence-corrected chi connectivity index (χ1v) is 7.94. The van der Waals surface area contributed by atoms with Crippen molar-refractivity contribution in [2.24, 2.45) is 5.73 Å². The van der Waals surface area contributed by atoms with E-state index < -0.39 is 0 Å². The Morgan fingerprint density at radius 2 is 2.25 bits per heavy atom. The molecule has 1 atom stereocenters. The van der Waals surface area contributed by atoms with Crippen molar-refractivity contribution >= 4 is 27.3 Å². The predicted octanol–water partition coefficient (Wildman–Crippen LogP) is 3.48. The van der Waals surface area contributed by atoms with Gasteiger partial charge in [-0.05, 0) is 47.6 Å². The Bertz CT molecular complexity index is 588. The fourth-order valence-electron chi connectivity index (χ4n) is 2.10. The Hall–Kier alpha value is -0.820. The van der Waals surface area contributed by atoms with Gasteiger partial charge in [-0.1, -0.05) is 6.07 Å². The van der Waals surface area contributed by atoms with Crippen LogP contribution >= 0.6 is 27.3 Å². The molecule has 108 valence electrons. The maximum atomic E-state index is 13.3. The second-order valence-electron chi connectivity index (χ2n) is 4.70. The van der Waals surface area contributed by atoms with E-state index in [1.165, 1.54) is 10.9 Å². The molecule has 0 aliphatic rings. The van der Waals surface area contributed by atoms with Crippen molar-refractivity contribution in [3.63, 3.8) is 0 Å². The third-order valence-electron chi connectivity index (χ3n) is 3.32. The number of hydrogen-bond donors (Lipinski definition) is 1.